The molecule has 1 unspecified atom stereocenters. The van der Waals surface area contributed by atoms with Gasteiger partial charge in [0.1, 0.15) is 12.1 Å². The molecule has 9 heteroatoms. The van der Waals surface area contributed by atoms with Crippen molar-refractivity contribution >= 4 is 23.7 Å². The van der Waals surface area contributed by atoms with Crippen molar-refractivity contribution in [3.63, 3.8) is 0 Å². The van der Waals surface area contributed by atoms with Gasteiger partial charge in [-0.3, -0.25) is 15.0 Å². The van der Waals surface area contributed by atoms with Crippen molar-refractivity contribution in [3.05, 3.63) is 35.9 Å². The Labute approximate surface area is 203 Å². The molecule has 0 saturated carbocycles. The van der Waals surface area contributed by atoms with Crippen molar-refractivity contribution in [2.75, 3.05) is 13.2 Å². The SMILES string of the molecule is CCCCCCCCOC(=O)[C@H](CCCNC(=N)N)NC(=O)C(Cc1ccccc1)NC(C)=O. The first-order valence-electron chi connectivity index (χ1n) is 12.2. The van der Waals surface area contributed by atoms with Gasteiger partial charge in [0.2, 0.25) is 11.8 Å². The van der Waals surface area contributed by atoms with E-state index in [1.54, 1.807) is 0 Å². The number of nitrogens with one attached hydrogen (secondary N) is 4. The van der Waals surface area contributed by atoms with E-state index in [9.17, 15) is 14.4 Å². The smallest absolute Gasteiger partial charge is 0.328 e. The molecular weight excluding hydrogens is 434 g/mol. The molecule has 0 heterocycles. The number of nitrogens with two attached hydrogens (primary N) is 1. The van der Waals surface area contributed by atoms with E-state index < -0.39 is 24.0 Å². The Kier molecular flexibility index (Phi) is 14.8. The summed E-state index contributed by atoms with van der Waals surface area (Å²) in [4.78, 5) is 37.4. The van der Waals surface area contributed by atoms with Gasteiger partial charge in [0, 0.05) is 19.9 Å². The lowest BCUT2D eigenvalue weighted by atomic mass is 10.0. The van der Waals surface area contributed by atoms with Crippen molar-refractivity contribution < 1.29 is 19.1 Å². The molecule has 0 aliphatic carbocycles. The molecule has 2 amide bonds. The van der Waals surface area contributed by atoms with Crippen LogP contribution in [0.15, 0.2) is 30.3 Å². The summed E-state index contributed by atoms with van der Waals surface area (Å²) in [5.74, 6) is -1.42. The number of esters is 1. The molecule has 34 heavy (non-hydrogen) atoms. The molecule has 9 nitrogen and oxygen atoms in total. The molecule has 0 saturated heterocycles. The van der Waals surface area contributed by atoms with E-state index in [2.05, 4.69) is 22.9 Å². The Morgan fingerprint density at radius 2 is 1.65 bits per heavy atom. The standard InChI is InChI=1S/C25H41N5O4/c1-3-4-5-6-7-11-17-34-24(33)21(15-12-16-28-25(26)27)30-23(32)22(29-19(2)31)18-20-13-9-8-10-14-20/h8-10,13-14,21-22H,3-7,11-12,15-18H2,1-2H3,(H,29,31)(H,30,32)(H4,26,27,28)/t21-,22?/m0/s1. The van der Waals surface area contributed by atoms with Crippen LogP contribution in [0.3, 0.4) is 0 Å². The number of rotatable bonds is 17. The van der Waals surface area contributed by atoms with Crippen molar-refractivity contribution in [3.8, 4) is 0 Å². The van der Waals surface area contributed by atoms with Crippen molar-refractivity contribution in [1.29, 1.82) is 5.41 Å². The minimum Gasteiger partial charge on any atom is -0.464 e. The highest BCUT2D eigenvalue weighted by atomic mass is 16.5. The molecule has 6 N–H and O–H groups in total. The highest BCUT2D eigenvalue weighted by molar-refractivity contribution is 5.90. The van der Waals surface area contributed by atoms with E-state index in [0.717, 1.165) is 24.8 Å². The van der Waals surface area contributed by atoms with Crippen LogP contribution in [0.4, 0.5) is 0 Å². The normalized spacial score (nSPS) is 12.3. The maximum atomic E-state index is 13.0. The second kappa shape index (κ2) is 17.4. The zero-order chi connectivity index (χ0) is 25.2. The van der Waals surface area contributed by atoms with Crippen LogP contribution in [-0.4, -0.2) is 49.0 Å². The molecule has 1 aromatic rings. The number of hydrogen-bond donors (Lipinski definition) is 5. The molecule has 0 fully saturated rings. The monoisotopic (exact) mass is 475 g/mol. The molecule has 0 aliphatic heterocycles. The number of hydrogen-bond acceptors (Lipinski definition) is 5. The average Bonchev–Trinajstić information content (AvgIpc) is 2.80. The lowest BCUT2D eigenvalue weighted by Crippen LogP contribution is -2.52. The number of carbonyl (C=O) groups excluding carboxylic acids is 3. The third-order valence-electron chi connectivity index (χ3n) is 5.30. The maximum Gasteiger partial charge on any atom is 0.328 e. The highest BCUT2D eigenvalue weighted by Crippen LogP contribution is 2.08. The zero-order valence-electron chi connectivity index (χ0n) is 20.5. The Hall–Kier alpha value is -3.10. The summed E-state index contributed by atoms with van der Waals surface area (Å²) in [6.45, 7) is 4.22. The Bertz CT molecular complexity index is 757. The summed E-state index contributed by atoms with van der Waals surface area (Å²) >= 11 is 0. The Morgan fingerprint density at radius 3 is 2.29 bits per heavy atom. The predicted molar refractivity (Wildman–Crippen MR) is 133 cm³/mol. The van der Waals surface area contributed by atoms with Gasteiger partial charge in [0.15, 0.2) is 5.96 Å². The molecule has 1 rings (SSSR count). The zero-order valence-corrected chi connectivity index (χ0v) is 20.5. The van der Waals surface area contributed by atoms with Gasteiger partial charge in [-0.05, 0) is 24.8 Å². The number of unbranched alkanes of at least 4 members (excludes halogenated alkanes) is 5. The van der Waals surface area contributed by atoms with Crippen LogP contribution in [0.1, 0.15) is 70.8 Å². The highest BCUT2D eigenvalue weighted by Gasteiger charge is 2.27. The van der Waals surface area contributed by atoms with Gasteiger partial charge in [0.25, 0.3) is 0 Å². The Morgan fingerprint density at radius 1 is 0.971 bits per heavy atom. The van der Waals surface area contributed by atoms with Gasteiger partial charge >= 0.3 is 5.97 Å². The van der Waals surface area contributed by atoms with E-state index in [-0.39, 0.29) is 11.9 Å². The first-order chi connectivity index (χ1) is 16.3. The average molecular weight is 476 g/mol. The minimum atomic E-state index is -0.853. The van der Waals surface area contributed by atoms with Crippen LogP contribution < -0.4 is 21.7 Å². The van der Waals surface area contributed by atoms with Crippen LogP contribution in [0.2, 0.25) is 0 Å². The number of amides is 2. The van der Waals surface area contributed by atoms with Gasteiger partial charge in [0.05, 0.1) is 6.61 Å². The number of ether oxygens (including phenoxy) is 1. The topological polar surface area (TPSA) is 146 Å². The van der Waals surface area contributed by atoms with E-state index in [4.69, 9.17) is 15.9 Å². The van der Waals surface area contributed by atoms with E-state index >= 15 is 0 Å². The molecule has 190 valence electrons. The van der Waals surface area contributed by atoms with Crippen LogP contribution in [0.5, 0.6) is 0 Å². The van der Waals surface area contributed by atoms with Crippen LogP contribution >= 0.6 is 0 Å². The first kappa shape index (κ1) is 28.9. The lowest BCUT2D eigenvalue weighted by molar-refractivity contribution is -0.148. The van der Waals surface area contributed by atoms with Gasteiger partial charge < -0.3 is 26.4 Å². The number of benzene rings is 1. The first-order valence-corrected chi connectivity index (χ1v) is 12.2. The summed E-state index contributed by atoms with van der Waals surface area (Å²) in [5.41, 5.74) is 6.20. The third-order valence-corrected chi connectivity index (χ3v) is 5.30. The van der Waals surface area contributed by atoms with Crippen molar-refractivity contribution in [2.24, 2.45) is 5.73 Å². The fourth-order valence-corrected chi connectivity index (χ4v) is 3.51. The van der Waals surface area contributed by atoms with E-state index in [1.165, 1.54) is 26.2 Å². The third kappa shape index (κ3) is 13.4. The summed E-state index contributed by atoms with van der Waals surface area (Å²) in [6, 6.07) is 7.69. The van der Waals surface area contributed by atoms with Gasteiger partial charge in [-0.1, -0.05) is 69.4 Å². The van der Waals surface area contributed by atoms with Gasteiger partial charge in [-0.2, -0.15) is 0 Å². The minimum absolute atomic E-state index is 0.153. The van der Waals surface area contributed by atoms with Gasteiger partial charge in [-0.15, -0.1) is 0 Å². The molecule has 2 atom stereocenters. The fraction of sp³-hybridized carbons (Fsp3) is 0.600. The van der Waals surface area contributed by atoms with E-state index in [1.807, 2.05) is 30.3 Å². The summed E-state index contributed by atoms with van der Waals surface area (Å²) in [6.07, 6.45) is 7.58. The molecule has 0 aliphatic rings. The second-order valence-electron chi connectivity index (χ2n) is 8.42. The lowest BCUT2D eigenvalue weighted by Gasteiger charge is -2.22. The van der Waals surface area contributed by atoms with E-state index in [0.29, 0.717) is 32.4 Å². The maximum absolute atomic E-state index is 13.0. The molecule has 1 aromatic carbocycles. The van der Waals surface area contributed by atoms with Crippen LogP contribution in [0, 0.1) is 5.41 Å². The summed E-state index contributed by atoms with van der Waals surface area (Å²) in [7, 11) is 0. The van der Waals surface area contributed by atoms with Crippen molar-refractivity contribution in [1.82, 2.24) is 16.0 Å². The predicted octanol–water partition coefficient (Wildman–Crippen LogP) is 2.39. The largest absolute Gasteiger partial charge is 0.464 e. The summed E-state index contributed by atoms with van der Waals surface area (Å²) in [5, 5.41) is 15.4. The molecule has 0 aromatic heterocycles. The van der Waals surface area contributed by atoms with Gasteiger partial charge in [-0.25, -0.2) is 4.79 Å². The van der Waals surface area contributed by atoms with Crippen LogP contribution in [0.25, 0.3) is 0 Å². The Balaban J connectivity index is 2.71. The molecule has 0 radical (unpaired) electrons. The second-order valence-corrected chi connectivity index (χ2v) is 8.42. The number of carbonyl (C=O) groups is 3. The van der Waals surface area contributed by atoms with Crippen molar-refractivity contribution in [2.45, 2.75) is 83.7 Å². The molecule has 0 bridgehead atoms. The van der Waals surface area contributed by atoms with Crippen LogP contribution in [-0.2, 0) is 25.5 Å². The summed E-state index contributed by atoms with van der Waals surface area (Å²) < 4.78 is 5.44. The number of guanidine groups is 1. The molecule has 0 spiro atoms. The molecular formula is C25H41N5O4. The fourth-order valence-electron chi connectivity index (χ4n) is 3.51. The quantitative estimate of drug-likeness (QED) is 0.101.